The van der Waals surface area contributed by atoms with Crippen LogP contribution in [-0.4, -0.2) is 22.7 Å². The first kappa shape index (κ1) is 18.7. The van der Waals surface area contributed by atoms with Gasteiger partial charge in [0.1, 0.15) is 9.79 Å². The van der Waals surface area contributed by atoms with Gasteiger partial charge in [0.25, 0.3) is 26.0 Å². The highest BCUT2D eigenvalue weighted by Crippen LogP contribution is 2.40. The van der Waals surface area contributed by atoms with E-state index in [4.69, 9.17) is 4.42 Å². The van der Waals surface area contributed by atoms with Crippen LogP contribution >= 0.6 is 15.9 Å². The van der Waals surface area contributed by atoms with Gasteiger partial charge in [-0.05, 0) is 64.5 Å². The van der Waals surface area contributed by atoms with Crippen molar-refractivity contribution in [3.63, 3.8) is 0 Å². The van der Waals surface area contributed by atoms with Gasteiger partial charge in [-0.1, -0.05) is 12.1 Å². The molecule has 0 bridgehead atoms. The maximum Gasteiger partial charge on any atom is 0.291 e. The fraction of sp³-hybridized carbons (Fsp3) is 0. The molecule has 1 aromatic heterocycles. The van der Waals surface area contributed by atoms with E-state index in [0.717, 1.165) is 0 Å². The van der Waals surface area contributed by atoms with E-state index in [2.05, 4.69) is 21.2 Å². The molecule has 0 fully saturated rings. The first-order valence-electron chi connectivity index (χ1n) is 7.77. The molecule has 2 aromatic carbocycles. The summed E-state index contributed by atoms with van der Waals surface area (Å²) in [4.78, 5) is 11.6. The highest BCUT2D eigenvalue weighted by Gasteiger charge is 2.47. The fourth-order valence-corrected chi connectivity index (χ4v) is 7.51. The van der Waals surface area contributed by atoms with Gasteiger partial charge in [-0.3, -0.25) is 4.79 Å². The first-order valence-corrected chi connectivity index (χ1v) is 11.4. The second-order valence-electron chi connectivity index (χ2n) is 5.76. The van der Waals surface area contributed by atoms with Crippen LogP contribution in [0.3, 0.4) is 0 Å². The van der Waals surface area contributed by atoms with Crippen LogP contribution in [0.2, 0.25) is 0 Å². The highest BCUT2D eigenvalue weighted by molar-refractivity contribution is 9.10. The Morgan fingerprint density at radius 2 is 1.43 bits per heavy atom. The van der Waals surface area contributed by atoms with Crippen molar-refractivity contribution in [1.82, 2.24) is 0 Å². The molecule has 0 saturated carbocycles. The van der Waals surface area contributed by atoms with Crippen molar-refractivity contribution in [3.8, 4) is 0 Å². The zero-order valence-electron chi connectivity index (χ0n) is 13.9. The predicted molar refractivity (Wildman–Crippen MR) is 104 cm³/mol. The molecule has 0 unspecified atom stereocenters. The second-order valence-corrected chi connectivity index (χ2v) is 10.3. The first-order chi connectivity index (χ1) is 13.2. The van der Waals surface area contributed by atoms with Gasteiger partial charge in [0, 0.05) is 5.69 Å². The zero-order chi connectivity index (χ0) is 20.1. The minimum absolute atomic E-state index is 0.0602. The van der Waals surface area contributed by atoms with Crippen LogP contribution < -0.4 is 9.03 Å². The third-order valence-electron chi connectivity index (χ3n) is 3.97. The van der Waals surface area contributed by atoms with Crippen LogP contribution in [0.4, 0.5) is 11.4 Å². The quantitative estimate of drug-likeness (QED) is 0.612. The van der Waals surface area contributed by atoms with Gasteiger partial charge in [0.15, 0.2) is 10.4 Å². The Hall–Kier alpha value is -2.63. The Kier molecular flexibility index (Phi) is 4.32. The van der Waals surface area contributed by atoms with E-state index in [1.807, 2.05) is 0 Å². The van der Waals surface area contributed by atoms with Gasteiger partial charge >= 0.3 is 0 Å². The summed E-state index contributed by atoms with van der Waals surface area (Å²) in [6.45, 7) is 0. The molecule has 144 valence electrons. The number of carbonyl (C=O) groups is 1. The minimum Gasteiger partial charge on any atom is -0.444 e. The van der Waals surface area contributed by atoms with Crippen molar-refractivity contribution in [2.24, 2.45) is 0 Å². The second kappa shape index (κ2) is 6.47. The van der Waals surface area contributed by atoms with Crippen LogP contribution in [-0.2, 0) is 20.0 Å². The van der Waals surface area contributed by atoms with E-state index in [-0.39, 0.29) is 21.2 Å². The fourth-order valence-electron chi connectivity index (χ4n) is 2.76. The molecule has 3 aromatic rings. The lowest BCUT2D eigenvalue weighted by Gasteiger charge is -2.16. The van der Waals surface area contributed by atoms with Gasteiger partial charge in [-0.2, -0.15) is 20.5 Å². The molecule has 1 N–H and O–H groups in total. The van der Waals surface area contributed by atoms with Gasteiger partial charge in [-0.25, -0.2) is 0 Å². The summed E-state index contributed by atoms with van der Waals surface area (Å²) in [5.74, 6) is -0.427. The van der Waals surface area contributed by atoms with Gasteiger partial charge in [0.2, 0.25) is 0 Å². The number of nitrogens with one attached hydrogen (secondary N) is 1. The van der Waals surface area contributed by atoms with E-state index < -0.39 is 26.0 Å². The van der Waals surface area contributed by atoms with Crippen LogP contribution in [0.1, 0.15) is 10.6 Å². The van der Waals surface area contributed by atoms with Crippen molar-refractivity contribution < 1.29 is 26.0 Å². The standard InChI is InChI=1S/C17H11BrN2O6S2/c18-16-10-9-13(26-16)17(21)19-11-5-7-12(8-6-11)20-27(22,23)14-3-1-2-4-15(14)28(20,24)25/h1-10H,(H,19,21). The Balaban J connectivity index is 1.65. The number of hydrogen-bond acceptors (Lipinski definition) is 6. The van der Waals surface area contributed by atoms with Crippen molar-refractivity contribution >= 4 is 53.3 Å². The zero-order valence-corrected chi connectivity index (χ0v) is 17.1. The summed E-state index contributed by atoms with van der Waals surface area (Å²) in [5, 5.41) is 2.58. The summed E-state index contributed by atoms with van der Waals surface area (Å²) >= 11 is 3.10. The average molecular weight is 483 g/mol. The molecule has 0 atom stereocenters. The summed E-state index contributed by atoms with van der Waals surface area (Å²) in [5.41, 5.74) is 0.280. The Bertz CT molecular complexity index is 1240. The molecule has 0 spiro atoms. The van der Waals surface area contributed by atoms with Gasteiger partial charge in [0.05, 0.1) is 5.69 Å². The van der Waals surface area contributed by atoms with Crippen LogP contribution in [0.15, 0.2) is 79.5 Å². The molecule has 8 nitrogen and oxygen atoms in total. The third kappa shape index (κ3) is 2.91. The normalized spacial score (nSPS) is 16.5. The van der Waals surface area contributed by atoms with E-state index in [0.29, 0.717) is 14.1 Å². The number of amides is 1. The van der Waals surface area contributed by atoms with E-state index in [1.54, 1.807) is 6.07 Å². The Morgan fingerprint density at radius 1 is 0.857 bits per heavy atom. The molecule has 0 radical (unpaired) electrons. The SMILES string of the molecule is O=C(Nc1ccc(N2S(=O)(=O)c3ccccc3S2(=O)=O)cc1)c1ccc(Br)o1. The van der Waals surface area contributed by atoms with E-state index in [9.17, 15) is 21.6 Å². The average Bonchev–Trinajstić information content (AvgIpc) is 3.15. The molecule has 0 saturated heterocycles. The van der Waals surface area contributed by atoms with Crippen molar-refractivity contribution in [3.05, 3.63) is 71.1 Å². The molecular formula is C17H11BrN2O6S2. The van der Waals surface area contributed by atoms with Gasteiger partial charge < -0.3 is 9.73 Å². The summed E-state index contributed by atoms with van der Waals surface area (Å²) in [7, 11) is -8.49. The highest BCUT2D eigenvalue weighted by atomic mass is 79.9. The number of halogens is 1. The number of furan rings is 1. The Labute approximate surface area is 169 Å². The summed E-state index contributed by atoms with van der Waals surface area (Å²) in [6, 6.07) is 13.9. The molecule has 0 aliphatic carbocycles. The molecule has 4 rings (SSSR count). The molecule has 1 amide bonds. The third-order valence-corrected chi connectivity index (χ3v) is 8.83. The van der Waals surface area contributed by atoms with Crippen LogP contribution in [0.25, 0.3) is 0 Å². The van der Waals surface area contributed by atoms with Crippen molar-refractivity contribution in [1.29, 1.82) is 0 Å². The number of benzene rings is 2. The number of sulfonamides is 2. The smallest absolute Gasteiger partial charge is 0.291 e. The van der Waals surface area contributed by atoms with Crippen LogP contribution in [0.5, 0.6) is 0 Å². The van der Waals surface area contributed by atoms with Crippen LogP contribution in [0, 0.1) is 0 Å². The van der Waals surface area contributed by atoms with Crippen molar-refractivity contribution in [2.75, 3.05) is 9.03 Å². The molecule has 11 heteroatoms. The topological polar surface area (TPSA) is 114 Å². The molecule has 1 aliphatic rings. The predicted octanol–water partition coefficient (Wildman–Crippen LogP) is 3.19. The van der Waals surface area contributed by atoms with E-state index in [1.165, 1.54) is 54.6 Å². The van der Waals surface area contributed by atoms with Gasteiger partial charge in [-0.15, -0.1) is 0 Å². The number of rotatable bonds is 3. The maximum absolute atomic E-state index is 12.7. The Morgan fingerprint density at radius 3 is 1.93 bits per heavy atom. The number of fused-ring (bicyclic) bond motifs is 1. The summed E-state index contributed by atoms with van der Waals surface area (Å²) < 4.78 is 56.8. The van der Waals surface area contributed by atoms with Crippen molar-refractivity contribution in [2.45, 2.75) is 9.79 Å². The molecule has 28 heavy (non-hydrogen) atoms. The number of anilines is 2. The number of carbonyl (C=O) groups excluding carboxylic acids is 1. The lowest BCUT2D eigenvalue weighted by atomic mass is 10.3. The number of nitrogens with zero attached hydrogens (tertiary/aromatic N) is 1. The molecule has 1 aliphatic heterocycles. The monoisotopic (exact) mass is 482 g/mol. The lowest BCUT2D eigenvalue weighted by molar-refractivity contribution is 0.0995. The maximum atomic E-state index is 12.7. The lowest BCUT2D eigenvalue weighted by Crippen LogP contribution is -2.30. The summed E-state index contributed by atoms with van der Waals surface area (Å²) in [6.07, 6.45) is 0. The molecular weight excluding hydrogens is 472 g/mol. The minimum atomic E-state index is -4.25. The molecule has 2 heterocycles. The number of hydrogen-bond donors (Lipinski definition) is 1. The van der Waals surface area contributed by atoms with E-state index >= 15 is 0 Å². The largest absolute Gasteiger partial charge is 0.444 e.